The van der Waals surface area contributed by atoms with Crippen LogP contribution in [0.3, 0.4) is 0 Å². The first kappa shape index (κ1) is 14.7. The molecule has 0 unspecified atom stereocenters. The molecule has 2 aromatic rings. The molecule has 0 bridgehead atoms. The number of benzene rings is 1. The summed E-state index contributed by atoms with van der Waals surface area (Å²) in [6, 6.07) is 5.68. The number of hydrogen-bond acceptors (Lipinski definition) is 3. The van der Waals surface area contributed by atoms with E-state index in [9.17, 15) is 4.79 Å². The maximum absolute atomic E-state index is 11.8. The highest BCUT2D eigenvalue weighted by molar-refractivity contribution is 6.17. The zero-order valence-electron chi connectivity index (χ0n) is 11.6. The fourth-order valence-electron chi connectivity index (χ4n) is 2.18. The van der Waals surface area contributed by atoms with E-state index in [1.165, 1.54) is 0 Å². The number of rotatable bonds is 6. The number of carbonyl (C=O) groups is 1. The van der Waals surface area contributed by atoms with Crippen molar-refractivity contribution < 1.29 is 9.53 Å². The first-order chi connectivity index (χ1) is 9.71. The highest BCUT2D eigenvalue weighted by Crippen LogP contribution is 2.26. The molecule has 5 nitrogen and oxygen atoms in total. The number of nitrogens with one attached hydrogen (secondary N) is 1. The van der Waals surface area contributed by atoms with Crippen molar-refractivity contribution in [3.05, 3.63) is 24.0 Å². The first-order valence-electron chi connectivity index (χ1n) is 6.56. The quantitative estimate of drug-likeness (QED) is 0.829. The number of methoxy groups -OCH3 is 1. The molecule has 0 fully saturated rings. The number of fused-ring (bicyclic) bond motifs is 1. The lowest BCUT2D eigenvalue weighted by Gasteiger charge is -2.08. The zero-order valence-corrected chi connectivity index (χ0v) is 12.4. The van der Waals surface area contributed by atoms with Crippen LogP contribution in [-0.4, -0.2) is 35.0 Å². The Kier molecular flexibility index (Phi) is 4.84. The highest BCUT2D eigenvalue weighted by atomic mass is 35.5. The van der Waals surface area contributed by atoms with Crippen LogP contribution in [0.25, 0.3) is 11.0 Å². The predicted octanol–water partition coefficient (Wildman–Crippen LogP) is 1.96. The van der Waals surface area contributed by atoms with Gasteiger partial charge in [-0.2, -0.15) is 0 Å². The van der Waals surface area contributed by atoms with Crippen LogP contribution >= 0.6 is 11.6 Å². The van der Waals surface area contributed by atoms with Gasteiger partial charge in [0, 0.05) is 18.8 Å². The number of para-hydroxylation sites is 1. The van der Waals surface area contributed by atoms with Gasteiger partial charge in [0.05, 0.1) is 12.6 Å². The fraction of sp³-hybridized carbons (Fsp3) is 0.429. The number of amides is 1. The van der Waals surface area contributed by atoms with Gasteiger partial charge in [-0.05, 0) is 19.1 Å². The summed E-state index contributed by atoms with van der Waals surface area (Å²) in [7, 11) is 1.61. The SMILES string of the molecule is CCNC(=O)Cn1c(CCCl)nc2c(OC)cccc21. The average Bonchev–Trinajstić information content (AvgIpc) is 2.77. The van der Waals surface area contributed by atoms with E-state index in [0.29, 0.717) is 24.6 Å². The van der Waals surface area contributed by atoms with Crippen LogP contribution in [0.15, 0.2) is 18.2 Å². The molecule has 6 heteroatoms. The van der Waals surface area contributed by atoms with E-state index in [4.69, 9.17) is 16.3 Å². The van der Waals surface area contributed by atoms with E-state index in [2.05, 4.69) is 10.3 Å². The highest BCUT2D eigenvalue weighted by Gasteiger charge is 2.15. The average molecular weight is 296 g/mol. The molecule has 0 saturated heterocycles. The predicted molar refractivity (Wildman–Crippen MR) is 79.4 cm³/mol. The van der Waals surface area contributed by atoms with Crippen LogP contribution in [0.4, 0.5) is 0 Å². The summed E-state index contributed by atoms with van der Waals surface area (Å²) in [5.41, 5.74) is 1.65. The smallest absolute Gasteiger partial charge is 0.239 e. The van der Waals surface area contributed by atoms with E-state index in [-0.39, 0.29) is 12.5 Å². The van der Waals surface area contributed by atoms with E-state index in [1.807, 2.05) is 29.7 Å². The van der Waals surface area contributed by atoms with Crippen molar-refractivity contribution >= 4 is 28.5 Å². The summed E-state index contributed by atoms with van der Waals surface area (Å²) < 4.78 is 7.21. The molecule has 0 spiro atoms. The topological polar surface area (TPSA) is 56.2 Å². The van der Waals surface area contributed by atoms with E-state index >= 15 is 0 Å². The number of halogens is 1. The van der Waals surface area contributed by atoms with Gasteiger partial charge < -0.3 is 14.6 Å². The molecule has 0 aliphatic rings. The number of carbonyl (C=O) groups excluding carboxylic acids is 1. The number of imidazole rings is 1. The summed E-state index contributed by atoms with van der Waals surface area (Å²) in [5, 5.41) is 2.79. The molecule has 0 saturated carbocycles. The van der Waals surface area contributed by atoms with Gasteiger partial charge >= 0.3 is 0 Å². The van der Waals surface area contributed by atoms with Crippen molar-refractivity contribution in [2.45, 2.75) is 19.9 Å². The number of nitrogens with zero attached hydrogens (tertiary/aromatic N) is 2. The third kappa shape index (κ3) is 2.88. The van der Waals surface area contributed by atoms with E-state index in [1.54, 1.807) is 7.11 Å². The minimum absolute atomic E-state index is 0.0366. The minimum Gasteiger partial charge on any atom is -0.494 e. The van der Waals surface area contributed by atoms with Gasteiger partial charge in [0.2, 0.25) is 5.91 Å². The molecule has 2 rings (SSSR count). The number of aromatic nitrogens is 2. The molecule has 0 radical (unpaired) electrons. The molecule has 108 valence electrons. The Morgan fingerprint density at radius 1 is 1.50 bits per heavy atom. The van der Waals surface area contributed by atoms with Crippen molar-refractivity contribution in [2.24, 2.45) is 0 Å². The number of aryl methyl sites for hydroxylation is 1. The van der Waals surface area contributed by atoms with Crippen LogP contribution in [0.1, 0.15) is 12.7 Å². The Bertz CT molecular complexity index is 610. The van der Waals surface area contributed by atoms with Crippen molar-refractivity contribution in [3.63, 3.8) is 0 Å². The first-order valence-corrected chi connectivity index (χ1v) is 7.09. The van der Waals surface area contributed by atoms with Crippen molar-refractivity contribution in [3.8, 4) is 5.75 Å². The number of ether oxygens (including phenoxy) is 1. The third-order valence-electron chi connectivity index (χ3n) is 3.03. The summed E-state index contributed by atoms with van der Waals surface area (Å²) in [6.07, 6.45) is 0.610. The Morgan fingerprint density at radius 2 is 2.30 bits per heavy atom. The molecular weight excluding hydrogens is 278 g/mol. The van der Waals surface area contributed by atoms with E-state index in [0.717, 1.165) is 16.9 Å². The Hall–Kier alpha value is -1.75. The Balaban J connectivity index is 2.48. The van der Waals surface area contributed by atoms with Crippen LogP contribution < -0.4 is 10.1 Å². The van der Waals surface area contributed by atoms with Crippen molar-refractivity contribution in [1.82, 2.24) is 14.9 Å². The van der Waals surface area contributed by atoms with Gasteiger partial charge in [0.15, 0.2) is 0 Å². The molecule has 0 aliphatic carbocycles. The molecule has 1 amide bonds. The normalized spacial score (nSPS) is 10.8. The lowest BCUT2D eigenvalue weighted by atomic mass is 10.3. The van der Waals surface area contributed by atoms with Crippen molar-refractivity contribution in [2.75, 3.05) is 19.5 Å². The van der Waals surface area contributed by atoms with Gasteiger partial charge in [-0.3, -0.25) is 4.79 Å². The monoisotopic (exact) mass is 295 g/mol. The molecule has 1 heterocycles. The van der Waals surface area contributed by atoms with Crippen molar-refractivity contribution in [1.29, 1.82) is 0 Å². The third-order valence-corrected chi connectivity index (χ3v) is 3.22. The second-order valence-corrected chi connectivity index (χ2v) is 4.71. The zero-order chi connectivity index (χ0) is 14.5. The molecule has 20 heavy (non-hydrogen) atoms. The van der Waals surface area contributed by atoms with Crippen LogP contribution in [0, 0.1) is 0 Å². The van der Waals surface area contributed by atoms with Crippen LogP contribution in [-0.2, 0) is 17.8 Å². The second kappa shape index (κ2) is 6.61. The second-order valence-electron chi connectivity index (χ2n) is 4.33. The number of hydrogen-bond donors (Lipinski definition) is 1. The standard InChI is InChI=1S/C14H18ClN3O2/c1-3-16-13(19)9-18-10-5-4-6-11(20-2)14(10)17-12(18)7-8-15/h4-6H,3,7-9H2,1-2H3,(H,16,19). The molecule has 0 aliphatic heterocycles. The van der Waals surface area contributed by atoms with Gasteiger partial charge in [0.1, 0.15) is 23.6 Å². The molecule has 1 N–H and O–H groups in total. The summed E-state index contributed by atoms with van der Waals surface area (Å²) in [4.78, 5) is 16.4. The molecule has 1 aromatic heterocycles. The minimum atomic E-state index is -0.0366. The fourth-order valence-corrected chi connectivity index (χ4v) is 2.35. The molecule has 0 atom stereocenters. The maximum atomic E-state index is 11.8. The van der Waals surface area contributed by atoms with Gasteiger partial charge in [-0.1, -0.05) is 6.07 Å². The van der Waals surface area contributed by atoms with E-state index < -0.39 is 0 Å². The van der Waals surface area contributed by atoms with Crippen LogP contribution in [0.5, 0.6) is 5.75 Å². The summed E-state index contributed by atoms with van der Waals surface area (Å²) in [5.74, 6) is 1.92. The summed E-state index contributed by atoms with van der Waals surface area (Å²) >= 11 is 5.82. The maximum Gasteiger partial charge on any atom is 0.239 e. The lowest BCUT2D eigenvalue weighted by Crippen LogP contribution is -2.27. The van der Waals surface area contributed by atoms with Gasteiger partial charge in [-0.25, -0.2) is 4.98 Å². The lowest BCUT2D eigenvalue weighted by molar-refractivity contribution is -0.121. The molecular formula is C14H18ClN3O2. The molecule has 1 aromatic carbocycles. The van der Waals surface area contributed by atoms with Gasteiger partial charge in [-0.15, -0.1) is 11.6 Å². The Labute approximate surface area is 122 Å². The summed E-state index contributed by atoms with van der Waals surface area (Å²) in [6.45, 7) is 2.75. The Morgan fingerprint density at radius 3 is 2.95 bits per heavy atom. The number of alkyl halides is 1. The largest absolute Gasteiger partial charge is 0.494 e. The van der Waals surface area contributed by atoms with Crippen LogP contribution in [0.2, 0.25) is 0 Å². The number of likely N-dealkylation sites (N-methyl/N-ethyl adjacent to an activating group) is 1. The van der Waals surface area contributed by atoms with Gasteiger partial charge in [0.25, 0.3) is 0 Å².